The van der Waals surface area contributed by atoms with Crippen molar-refractivity contribution in [3.05, 3.63) is 101 Å². The standard InChI is InChI=1S/C31H37NO2/c1-22-9-15-29-26(21-22)12-16-28(23-7-5-4-6-8-23)30(29)24-10-13-27(14-11-24)32-19-17-25(18-20-32)31(33-2)34-3/h4-11,13-15,21,25,28,30-31H,12,16-20H2,1-3H3/t28-,30+/m1/s1. The lowest BCUT2D eigenvalue weighted by molar-refractivity contribution is -0.141. The van der Waals surface area contributed by atoms with E-state index >= 15 is 0 Å². The minimum absolute atomic E-state index is 0.0885. The van der Waals surface area contributed by atoms with Gasteiger partial charge in [0.2, 0.25) is 0 Å². The van der Waals surface area contributed by atoms with Gasteiger partial charge in [0, 0.05) is 44.8 Å². The minimum Gasteiger partial charge on any atom is -0.372 e. The van der Waals surface area contributed by atoms with Crippen LogP contribution in [0.15, 0.2) is 72.8 Å². The number of rotatable bonds is 6. The molecular weight excluding hydrogens is 418 g/mol. The molecule has 1 fully saturated rings. The molecule has 1 aliphatic carbocycles. The Bertz CT molecular complexity index is 1070. The van der Waals surface area contributed by atoms with Crippen molar-refractivity contribution < 1.29 is 9.47 Å². The molecule has 3 aromatic rings. The third kappa shape index (κ3) is 4.64. The summed E-state index contributed by atoms with van der Waals surface area (Å²) in [6.07, 6.45) is 4.46. The third-order valence-electron chi connectivity index (χ3n) is 7.99. The van der Waals surface area contributed by atoms with Crippen LogP contribution in [0.5, 0.6) is 0 Å². The van der Waals surface area contributed by atoms with E-state index in [9.17, 15) is 0 Å². The summed E-state index contributed by atoms with van der Waals surface area (Å²) < 4.78 is 11.0. The molecule has 3 nitrogen and oxygen atoms in total. The van der Waals surface area contributed by atoms with E-state index in [4.69, 9.17) is 9.47 Å². The van der Waals surface area contributed by atoms with Crippen LogP contribution < -0.4 is 4.90 Å². The zero-order valence-corrected chi connectivity index (χ0v) is 20.7. The molecule has 0 N–H and O–H groups in total. The van der Waals surface area contributed by atoms with Crippen LogP contribution in [0.4, 0.5) is 5.69 Å². The predicted molar refractivity (Wildman–Crippen MR) is 140 cm³/mol. The highest BCUT2D eigenvalue weighted by atomic mass is 16.7. The highest BCUT2D eigenvalue weighted by Crippen LogP contribution is 2.46. The van der Waals surface area contributed by atoms with Crippen LogP contribution >= 0.6 is 0 Å². The van der Waals surface area contributed by atoms with E-state index in [1.54, 1.807) is 14.2 Å². The number of hydrogen-bond donors (Lipinski definition) is 0. The quantitative estimate of drug-likeness (QED) is 0.386. The van der Waals surface area contributed by atoms with Crippen molar-refractivity contribution in [1.82, 2.24) is 0 Å². The molecule has 5 rings (SSSR count). The number of methoxy groups -OCH3 is 2. The van der Waals surface area contributed by atoms with Gasteiger partial charge in [0.15, 0.2) is 6.29 Å². The number of fused-ring (bicyclic) bond motifs is 1. The van der Waals surface area contributed by atoms with Gasteiger partial charge in [-0.3, -0.25) is 0 Å². The molecule has 2 atom stereocenters. The summed E-state index contributed by atoms with van der Waals surface area (Å²) in [5.41, 5.74) is 8.59. The molecule has 0 unspecified atom stereocenters. The Morgan fingerprint density at radius 3 is 2.18 bits per heavy atom. The highest BCUT2D eigenvalue weighted by Gasteiger charge is 2.32. The van der Waals surface area contributed by atoms with E-state index in [0.717, 1.165) is 32.4 Å². The molecule has 0 bridgehead atoms. The monoisotopic (exact) mass is 455 g/mol. The van der Waals surface area contributed by atoms with Crippen molar-refractivity contribution >= 4 is 5.69 Å². The number of benzene rings is 3. The van der Waals surface area contributed by atoms with Gasteiger partial charge in [-0.15, -0.1) is 0 Å². The predicted octanol–water partition coefficient (Wildman–Crippen LogP) is 6.69. The zero-order valence-electron chi connectivity index (χ0n) is 20.7. The van der Waals surface area contributed by atoms with E-state index < -0.39 is 0 Å². The van der Waals surface area contributed by atoms with E-state index in [-0.39, 0.29) is 6.29 Å². The van der Waals surface area contributed by atoms with Gasteiger partial charge in [-0.05, 0) is 72.9 Å². The normalized spacial score (nSPS) is 21.0. The topological polar surface area (TPSA) is 21.7 Å². The van der Waals surface area contributed by atoms with Gasteiger partial charge in [0.05, 0.1) is 0 Å². The first-order valence-electron chi connectivity index (χ1n) is 12.7. The molecule has 0 aromatic heterocycles. The Morgan fingerprint density at radius 1 is 0.794 bits per heavy atom. The molecule has 1 saturated heterocycles. The lowest BCUT2D eigenvalue weighted by Crippen LogP contribution is -2.39. The number of aryl methyl sites for hydroxylation is 2. The molecule has 0 saturated carbocycles. The maximum absolute atomic E-state index is 5.50. The second-order valence-corrected chi connectivity index (χ2v) is 9.99. The minimum atomic E-state index is -0.0885. The Kier molecular flexibility index (Phi) is 7.03. The SMILES string of the molecule is COC(OC)C1CCN(c2ccc([C@@H]3c4ccc(C)cc4CC[C@@H]3c3ccccc3)cc2)CC1. The molecule has 3 aromatic carbocycles. The zero-order chi connectivity index (χ0) is 23.5. The molecule has 1 aliphatic heterocycles. The summed E-state index contributed by atoms with van der Waals surface area (Å²) in [5.74, 6) is 1.38. The second kappa shape index (κ2) is 10.3. The van der Waals surface area contributed by atoms with Crippen LogP contribution in [0.1, 0.15) is 58.9 Å². The first-order valence-corrected chi connectivity index (χ1v) is 12.7. The van der Waals surface area contributed by atoms with Crippen LogP contribution in [-0.4, -0.2) is 33.6 Å². The van der Waals surface area contributed by atoms with Crippen LogP contribution in [0.2, 0.25) is 0 Å². The summed E-state index contributed by atoms with van der Waals surface area (Å²) in [4.78, 5) is 2.51. The fourth-order valence-electron chi connectivity index (χ4n) is 6.22. The maximum Gasteiger partial charge on any atom is 0.159 e. The summed E-state index contributed by atoms with van der Waals surface area (Å²) in [7, 11) is 3.49. The lowest BCUT2D eigenvalue weighted by atomic mass is 9.69. The molecule has 34 heavy (non-hydrogen) atoms. The largest absolute Gasteiger partial charge is 0.372 e. The van der Waals surface area contributed by atoms with Crippen LogP contribution in [0.3, 0.4) is 0 Å². The Hall–Kier alpha value is -2.62. The molecule has 1 heterocycles. The summed E-state index contributed by atoms with van der Waals surface area (Å²) in [5, 5.41) is 0. The first kappa shape index (κ1) is 23.1. The molecule has 178 valence electrons. The Morgan fingerprint density at radius 2 is 1.50 bits per heavy atom. The summed E-state index contributed by atoms with van der Waals surface area (Å²) >= 11 is 0. The van der Waals surface area contributed by atoms with Crippen molar-refractivity contribution in [2.75, 3.05) is 32.2 Å². The van der Waals surface area contributed by atoms with E-state index in [0.29, 0.717) is 17.8 Å². The Balaban J connectivity index is 1.40. The fraction of sp³-hybridized carbons (Fsp3) is 0.419. The molecule has 0 spiro atoms. The van der Waals surface area contributed by atoms with Gasteiger partial charge in [0.1, 0.15) is 0 Å². The van der Waals surface area contributed by atoms with Crippen LogP contribution in [0.25, 0.3) is 0 Å². The van der Waals surface area contributed by atoms with Gasteiger partial charge < -0.3 is 14.4 Å². The van der Waals surface area contributed by atoms with Crippen molar-refractivity contribution in [2.24, 2.45) is 5.92 Å². The number of hydrogen-bond acceptors (Lipinski definition) is 3. The smallest absolute Gasteiger partial charge is 0.159 e. The molecule has 3 heteroatoms. The molecule has 0 radical (unpaired) electrons. The van der Waals surface area contributed by atoms with Crippen LogP contribution in [-0.2, 0) is 15.9 Å². The van der Waals surface area contributed by atoms with Gasteiger partial charge in [-0.1, -0.05) is 66.2 Å². The maximum atomic E-state index is 5.50. The van der Waals surface area contributed by atoms with Gasteiger partial charge in [0.25, 0.3) is 0 Å². The first-order chi connectivity index (χ1) is 16.7. The number of nitrogens with zero attached hydrogens (tertiary/aromatic N) is 1. The molecule has 2 aliphatic rings. The second-order valence-electron chi connectivity index (χ2n) is 9.99. The number of piperidine rings is 1. The van der Waals surface area contributed by atoms with Gasteiger partial charge in [-0.2, -0.15) is 0 Å². The third-order valence-corrected chi connectivity index (χ3v) is 7.99. The highest BCUT2D eigenvalue weighted by molar-refractivity contribution is 5.52. The average molecular weight is 456 g/mol. The molecular formula is C31H37NO2. The average Bonchev–Trinajstić information content (AvgIpc) is 2.90. The lowest BCUT2D eigenvalue weighted by Gasteiger charge is -2.37. The molecule has 0 amide bonds. The number of anilines is 1. The van der Waals surface area contributed by atoms with Crippen molar-refractivity contribution in [3.63, 3.8) is 0 Å². The van der Waals surface area contributed by atoms with Crippen molar-refractivity contribution in [2.45, 2.75) is 50.7 Å². The van der Waals surface area contributed by atoms with Crippen molar-refractivity contribution in [1.29, 1.82) is 0 Å². The fourth-order valence-corrected chi connectivity index (χ4v) is 6.22. The van der Waals surface area contributed by atoms with Crippen molar-refractivity contribution in [3.8, 4) is 0 Å². The number of ether oxygens (including phenoxy) is 2. The van der Waals surface area contributed by atoms with Gasteiger partial charge in [-0.25, -0.2) is 0 Å². The van der Waals surface area contributed by atoms with Gasteiger partial charge >= 0.3 is 0 Å². The Labute approximate surface area is 204 Å². The van der Waals surface area contributed by atoms with Crippen LogP contribution in [0, 0.1) is 12.8 Å². The summed E-state index contributed by atoms with van der Waals surface area (Å²) in [6, 6.07) is 27.6. The van der Waals surface area contributed by atoms with E-state index in [1.807, 2.05) is 0 Å². The van der Waals surface area contributed by atoms with E-state index in [1.165, 1.54) is 39.9 Å². The summed E-state index contributed by atoms with van der Waals surface area (Å²) in [6.45, 7) is 4.30. The van der Waals surface area contributed by atoms with E-state index in [2.05, 4.69) is 84.6 Å².